The van der Waals surface area contributed by atoms with Gasteiger partial charge in [-0.25, -0.2) is 0 Å². The van der Waals surface area contributed by atoms with Gasteiger partial charge in [0.25, 0.3) is 5.89 Å². The van der Waals surface area contributed by atoms with Crippen molar-refractivity contribution < 1.29 is 28.2 Å². The molecule has 0 aliphatic heterocycles. The fourth-order valence-electron chi connectivity index (χ4n) is 3.01. The molecule has 0 unspecified atom stereocenters. The number of quaternary nitrogens is 1. The third-order valence-electron chi connectivity index (χ3n) is 4.59. The second-order valence-electron chi connectivity index (χ2n) is 6.72. The maximum absolute atomic E-state index is 13.4. The Morgan fingerprint density at radius 3 is 2.50 bits per heavy atom. The van der Waals surface area contributed by atoms with Crippen molar-refractivity contribution in [3.8, 4) is 17.1 Å². The molecule has 0 saturated carbocycles. The molecule has 1 aromatic heterocycles. The average Bonchev–Trinajstić information content (AvgIpc) is 3.23. The Labute approximate surface area is 172 Å². The number of hydrogen-bond donors (Lipinski definition) is 1. The first-order valence-corrected chi connectivity index (χ1v) is 9.57. The lowest BCUT2D eigenvalue weighted by molar-refractivity contribution is -0.368. The molecule has 0 aliphatic carbocycles. The smallest absolute Gasteiger partial charge is 0.416 e. The summed E-state index contributed by atoms with van der Waals surface area (Å²) in [4.78, 5) is 4.42. The fraction of sp³-hybridized carbons (Fsp3) is 0.273. The van der Waals surface area contributed by atoms with Crippen LogP contribution in [0.1, 0.15) is 36.3 Å². The summed E-state index contributed by atoms with van der Waals surface area (Å²) in [5, 5.41) is 4.00. The Balaban J connectivity index is 1.97. The van der Waals surface area contributed by atoms with Gasteiger partial charge >= 0.3 is 6.18 Å². The molecule has 0 spiro atoms. The molecule has 0 radical (unpaired) electrons. The molecule has 5 nitrogen and oxygen atoms in total. The Morgan fingerprint density at radius 2 is 1.83 bits per heavy atom. The van der Waals surface area contributed by atoms with Crippen LogP contribution in [0.3, 0.4) is 0 Å². The van der Waals surface area contributed by atoms with Crippen molar-refractivity contribution in [3.05, 3.63) is 65.5 Å². The zero-order chi connectivity index (χ0) is 21.6. The molecule has 3 N–H and O–H groups in total. The van der Waals surface area contributed by atoms with E-state index in [1.54, 1.807) is 37.4 Å². The van der Waals surface area contributed by atoms with Crippen molar-refractivity contribution in [2.24, 2.45) is 0 Å². The standard InChI is InChI=1S/C22H22F3N3O2/c1-29-18-11-9-15(10-12-18)20-27-21(30-28-20)17(7-4-5-13-26)14-16-6-2-3-8-19(16)22(23,24)25/h2-3,6,8-12,14H,4-5,7,13,26H2,1H3/p+1/b17-14+. The zero-order valence-electron chi connectivity index (χ0n) is 16.6. The van der Waals surface area contributed by atoms with E-state index in [4.69, 9.17) is 9.26 Å². The van der Waals surface area contributed by atoms with Crippen molar-refractivity contribution in [3.63, 3.8) is 0 Å². The van der Waals surface area contributed by atoms with Gasteiger partial charge in [0.2, 0.25) is 5.82 Å². The average molecular weight is 418 g/mol. The number of unbranched alkanes of at least 4 members (excludes halogenated alkanes) is 1. The molecule has 8 heteroatoms. The molecule has 0 aliphatic rings. The molecule has 3 rings (SSSR count). The Bertz CT molecular complexity index is 995. The Hall–Kier alpha value is -3.13. The molecular formula is C22H23F3N3O2+. The van der Waals surface area contributed by atoms with E-state index in [1.807, 2.05) is 0 Å². The van der Waals surface area contributed by atoms with Gasteiger partial charge in [-0.1, -0.05) is 23.4 Å². The van der Waals surface area contributed by atoms with Gasteiger partial charge in [0.15, 0.2) is 0 Å². The number of hydrogen-bond acceptors (Lipinski definition) is 4. The van der Waals surface area contributed by atoms with Crippen LogP contribution in [0.5, 0.6) is 5.75 Å². The van der Waals surface area contributed by atoms with Crippen LogP contribution in [0.25, 0.3) is 23.0 Å². The summed E-state index contributed by atoms with van der Waals surface area (Å²) >= 11 is 0. The summed E-state index contributed by atoms with van der Waals surface area (Å²) in [6.07, 6.45) is -0.862. The molecule has 0 fully saturated rings. The van der Waals surface area contributed by atoms with Crippen molar-refractivity contribution in [1.82, 2.24) is 10.1 Å². The largest absolute Gasteiger partial charge is 0.497 e. The van der Waals surface area contributed by atoms with E-state index in [0.29, 0.717) is 23.6 Å². The van der Waals surface area contributed by atoms with E-state index < -0.39 is 11.7 Å². The summed E-state index contributed by atoms with van der Waals surface area (Å²) in [7, 11) is 1.57. The van der Waals surface area contributed by atoms with Crippen molar-refractivity contribution in [2.45, 2.75) is 25.4 Å². The minimum Gasteiger partial charge on any atom is -0.497 e. The lowest BCUT2D eigenvalue weighted by atomic mass is 10.0. The second kappa shape index (κ2) is 9.58. The maximum atomic E-state index is 13.4. The highest BCUT2D eigenvalue weighted by molar-refractivity contribution is 5.79. The minimum atomic E-state index is -4.45. The Kier molecular flexibility index (Phi) is 6.89. The number of aromatic nitrogens is 2. The van der Waals surface area contributed by atoms with Crippen LogP contribution < -0.4 is 10.5 Å². The van der Waals surface area contributed by atoms with Crippen LogP contribution in [-0.4, -0.2) is 23.8 Å². The van der Waals surface area contributed by atoms with E-state index in [-0.39, 0.29) is 11.5 Å². The van der Waals surface area contributed by atoms with E-state index in [2.05, 4.69) is 15.9 Å². The van der Waals surface area contributed by atoms with Crippen molar-refractivity contribution in [2.75, 3.05) is 13.7 Å². The lowest BCUT2D eigenvalue weighted by Crippen LogP contribution is -2.50. The van der Waals surface area contributed by atoms with E-state index in [1.165, 1.54) is 18.2 Å². The van der Waals surface area contributed by atoms with Gasteiger partial charge in [0, 0.05) is 11.1 Å². The van der Waals surface area contributed by atoms with Gasteiger partial charge in [-0.3, -0.25) is 0 Å². The SMILES string of the molecule is COc1ccc(-c2noc(/C(=C/c3ccccc3C(F)(F)F)CCCC[NH3+])n2)cc1. The minimum absolute atomic E-state index is 0.0684. The number of ether oxygens (including phenoxy) is 1. The van der Waals surface area contributed by atoms with Gasteiger partial charge in [0.1, 0.15) is 5.75 Å². The molecule has 0 amide bonds. The third-order valence-corrected chi connectivity index (χ3v) is 4.59. The topological polar surface area (TPSA) is 75.8 Å². The van der Waals surface area contributed by atoms with Crippen LogP contribution in [0.15, 0.2) is 53.1 Å². The van der Waals surface area contributed by atoms with Crippen LogP contribution in [0.4, 0.5) is 13.2 Å². The molecule has 1 heterocycles. The quantitative estimate of drug-likeness (QED) is 0.537. The first-order chi connectivity index (χ1) is 14.4. The molecule has 3 aromatic rings. The van der Waals surface area contributed by atoms with Gasteiger partial charge in [-0.05, 0) is 61.2 Å². The van der Waals surface area contributed by atoms with Crippen molar-refractivity contribution in [1.29, 1.82) is 0 Å². The van der Waals surface area contributed by atoms with Crippen molar-refractivity contribution >= 4 is 11.6 Å². The number of halogens is 3. The summed E-state index contributed by atoms with van der Waals surface area (Å²) in [5.74, 6) is 1.27. The predicted molar refractivity (Wildman–Crippen MR) is 107 cm³/mol. The van der Waals surface area contributed by atoms with Gasteiger partial charge in [-0.15, -0.1) is 0 Å². The van der Waals surface area contributed by atoms with E-state index in [9.17, 15) is 13.2 Å². The number of nitrogens with zero attached hydrogens (tertiary/aromatic N) is 2. The number of methoxy groups -OCH3 is 1. The molecular weight excluding hydrogens is 395 g/mol. The second-order valence-corrected chi connectivity index (χ2v) is 6.72. The highest BCUT2D eigenvalue weighted by Crippen LogP contribution is 2.34. The van der Waals surface area contributed by atoms with Gasteiger partial charge in [0.05, 0.1) is 19.2 Å². The van der Waals surface area contributed by atoms with Crippen LogP contribution >= 0.6 is 0 Å². The Morgan fingerprint density at radius 1 is 1.10 bits per heavy atom. The summed E-state index contributed by atoms with van der Waals surface area (Å²) < 4.78 is 50.7. The zero-order valence-corrected chi connectivity index (χ0v) is 16.6. The van der Waals surface area contributed by atoms with Gasteiger partial charge < -0.3 is 15.0 Å². The molecule has 0 atom stereocenters. The first-order valence-electron chi connectivity index (χ1n) is 9.57. The number of rotatable bonds is 8. The summed E-state index contributed by atoms with van der Waals surface area (Å²) in [6.45, 7) is 0.743. The van der Waals surface area contributed by atoms with Crippen LogP contribution in [-0.2, 0) is 6.18 Å². The molecule has 0 bridgehead atoms. The van der Waals surface area contributed by atoms with Crippen LogP contribution in [0.2, 0.25) is 0 Å². The number of allylic oxidation sites excluding steroid dienone is 1. The van der Waals surface area contributed by atoms with Crippen LogP contribution in [0, 0.1) is 0 Å². The van der Waals surface area contributed by atoms with E-state index in [0.717, 1.165) is 31.0 Å². The summed E-state index contributed by atoms with van der Waals surface area (Å²) in [6, 6.07) is 12.6. The fourth-order valence-corrected chi connectivity index (χ4v) is 3.01. The monoisotopic (exact) mass is 418 g/mol. The molecule has 0 saturated heterocycles. The maximum Gasteiger partial charge on any atom is 0.416 e. The van der Waals surface area contributed by atoms with Gasteiger partial charge in [-0.2, -0.15) is 18.2 Å². The highest BCUT2D eigenvalue weighted by Gasteiger charge is 2.32. The normalized spacial score (nSPS) is 12.2. The molecule has 158 valence electrons. The lowest BCUT2D eigenvalue weighted by Gasteiger charge is -2.11. The van der Waals surface area contributed by atoms with E-state index >= 15 is 0 Å². The number of alkyl halides is 3. The summed E-state index contributed by atoms with van der Waals surface area (Å²) in [5.41, 5.74) is 4.47. The first kappa shape index (κ1) is 21.6. The molecule has 30 heavy (non-hydrogen) atoms. The number of benzene rings is 2. The highest BCUT2D eigenvalue weighted by atomic mass is 19.4. The molecule has 2 aromatic carbocycles. The predicted octanol–water partition coefficient (Wildman–Crippen LogP) is 4.72. The third kappa shape index (κ3) is 5.27.